The first-order valence-electron chi connectivity index (χ1n) is 9.71. The molecule has 8 heteroatoms. The number of benzene rings is 1. The summed E-state index contributed by atoms with van der Waals surface area (Å²) in [7, 11) is 3.15. The number of nitrogens with one attached hydrogen (secondary N) is 1. The van der Waals surface area contributed by atoms with Gasteiger partial charge in [-0.05, 0) is 48.7 Å². The van der Waals surface area contributed by atoms with Crippen molar-refractivity contribution in [3.05, 3.63) is 48.2 Å². The number of hydrogen-bond acceptors (Lipinski definition) is 6. The summed E-state index contributed by atoms with van der Waals surface area (Å²) in [5.41, 5.74) is 6.80. The quantitative estimate of drug-likeness (QED) is 0.679. The van der Waals surface area contributed by atoms with Crippen LogP contribution in [0.1, 0.15) is 18.4 Å². The van der Waals surface area contributed by atoms with Gasteiger partial charge in [-0.1, -0.05) is 0 Å². The number of amides is 2. The average molecular weight is 410 g/mol. The highest BCUT2D eigenvalue weighted by atomic mass is 16.5. The zero-order valence-corrected chi connectivity index (χ0v) is 17.1. The smallest absolute Gasteiger partial charge is 0.248 e. The molecule has 2 aromatic rings. The summed E-state index contributed by atoms with van der Waals surface area (Å²) in [6, 6.07) is 8.99. The van der Waals surface area contributed by atoms with Crippen molar-refractivity contribution in [3.8, 4) is 11.5 Å². The van der Waals surface area contributed by atoms with E-state index in [0.29, 0.717) is 23.7 Å². The number of anilines is 2. The van der Waals surface area contributed by atoms with Crippen LogP contribution in [0.4, 0.5) is 11.5 Å². The lowest BCUT2D eigenvalue weighted by molar-refractivity contribution is -0.122. The van der Waals surface area contributed by atoms with Crippen LogP contribution in [0.15, 0.2) is 42.6 Å². The molecule has 1 unspecified atom stereocenters. The van der Waals surface area contributed by atoms with Gasteiger partial charge in [-0.3, -0.25) is 9.59 Å². The van der Waals surface area contributed by atoms with Crippen molar-refractivity contribution in [2.45, 2.75) is 12.8 Å². The standard InChI is InChI=1S/C22H26N4O4/c1-29-18-10-15(11-19(12-18)30-2)5-8-21(27)25-17-6-7-20(24-13-17)26-9-3-4-16(14-26)22(23)28/h5-8,10-13,16H,3-4,9,14H2,1-2H3,(H2,23,28)(H,25,27)/b8-5+. The molecule has 2 amide bonds. The maximum atomic E-state index is 12.2. The average Bonchev–Trinajstić information content (AvgIpc) is 2.78. The fraction of sp³-hybridized carbons (Fsp3) is 0.318. The fourth-order valence-electron chi connectivity index (χ4n) is 3.35. The molecule has 1 saturated heterocycles. The minimum absolute atomic E-state index is 0.152. The minimum atomic E-state index is -0.280. The van der Waals surface area contributed by atoms with Gasteiger partial charge >= 0.3 is 0 Å². The second kappa shape index (κ2) is 9.78. The molecule has 1 aromatic heterocycles. The predicted octanol–water partition coefficient (Wildman–Crippen LogP) is 2.45. The molecule has 1 fully saturated rings. The molecular weight excluding hydrogens is 384 g/mol. The summed E-state index contributed by atoms with van der Waals surface area (Å²) in [4.78, 5) is 30.2. The SMILES string of the molecule is COc1cc(/C=C/C(=O)Nc2ccc(N3CCCC(C(N)=O)C3)nc2)cc(OC)c1. The summed E-state index contributed by atoms with van der Waals surface area (Å²) in [6.07, 6.45) is 6.42. The number of rotatable bonds is 7. The van der Waals surface area contributed by atoms with Crippen molar-refractivity contribution in [1.82, 2.24) is 4.98 Å². The van der Waals surface area contributed by atoms with Gasteiger partial charge < -0.3 is 25.4 Å². The number of hydrogen-bond donors (Lipinski definition) is 2. The van der Waals surface area contributed by atoms with Crippen molar-refractivity contribution >= 4 is 29.4 Å². The van der Waals surface area contributed by atoms with Gasteiger partial charge in [0.2, 0.25) is 11.8 Å². The Morgan fingerprint density at radius 2 is 1.93 bits per heavy atom. The molecule has 1 atom stereocenters. The highest BCUT2D eigenvalue weighted by Crippen LogP contribution is 2.24. The Bertz CT molecular complexity index is 905. The van der Waals surface area contributed by atoms with E-state index < -0.39 is 0 Å². The molecular formula is C22H26N4O4. The predicted molar refractivity (Wildman–Crippen MR) is 116 cm³/mol. The van der Waals surface area contributed by atoms with Crippen LogP contribution in [0.2, 0.25) is 0 Å². The Labute approximate surface area is 175 Å². The number of piperidine rings is 1. The van der Waals surface area contributed by atoms with Crippen molar-refractivity contribution in [3.63, 3.8) is 0 Å². The van der Waals surface area contributed by atoms with E-state index in [1.54, 1.807) is 50.8 Å². The maximum Gasteiger partial charge on any atom is 0.248 e. The highest BCUT2D eigenvalue weighted by Gasteiger charge is 2.24. The lowest BCUT2D eigenvalue weighted by atomic mass is 9.97. The first kappa shape index (κ1) is 21.2. The van der Waals surface area contributed by atoms with Crippen LogP contribution in [0.3, 0.4) is 0 Å². The van der Waals surface area contributed by atoms with Gasteiger partial charge in [0, 0.05) is 25.2 Å². The van der Waals surface area contributed by atoms with E-state index in [1.165, 1.54) is 6.08 Å². The normalized spacial score (nSPS) is 16.3. The Morgan fingerprint density at radius 1 is 1.20 bits per heavy atom. The largest absolute Gasteiger partial charge is 0.497 e. The van der Waals surface area contributed by atoms with E-state index in [9.17, 15) is 9.59 Å². The molecule has 3 rings (SSSR count). The van der Waals surface area contributed by atoms with E-state index in [2.05, 4.69) is 10.3 Å². The van der Waals surface area contributed by atoms with Crippen LogP contribution in [0.5, 0.6) is 11.5 Å². The van der Waals surface area contributed by atoms with E-state index in [0.717, 1.165) is 30.8 Å². The Balaban J connectivity index is 1.61. The summed E-state index contributed by atoms with van der Waals surface area (Å²) >= 11 is 0. The van der Waals surface area contributed by atoms with Crippen LogP contribution in [-0.2, 0) is 9.59 Å². The van der Waals surface area contributed by atoms with Crippen molar-refractivity contribution in [1.29, 1.82) is 0 Å². The van der Waals surface area contributed by atoms with E-state index >= 15 is 0 Å². The van der Waals surface area contributed by atoms with Crippen LogP contribution < -0.4 is 25.4 Å². The molecule has 1 aliphatic rings. The van der Waals surface area contributed by atoms with Gasteiger partial charge in [-0.15, -0.1) is 0 Å². The fourth-order valence-corrected chi connectivity index (χ4v) is 3.35. The Kier molecular flexibility index (Phi) is 6.90. The molecule has 1 aliphatic heterocycles. The maximum absolute atomic E-state index is 12.2. The Morgan fingerprint density at radius 3 is 2.53 bits per heavy atom. The van der Waals surface area contributed by atoms with Gasteiger partial charge in [-0.2, -0.15) is 0 Å². The molecule has 0 radical (unpaired) electrons. The summed E-state index contributed by atoms with van der Waals surface area (Å²) in [5, 5.41) is 2.78. The molecule has 3 N–H and O–H groups in total. The number of methoxy groups -OCH3 is 2. The first-order chi connectivity index (χ1) is 14.5. The third kappa shape index (κ3) is 5.50. The van der Waals surface area contributed by atoms with E-state index in [-0.39, 0.29) is 17.7 Å². The van der Waals surface area contributed by atoms with Crippen LogP contribution in [0.25, 0.3) is 6.08 Å². The molecule has 8 nitrogen and oxygen atoms in total. The van der Waals surface area contributed by atoms with Crippen LogP contribution >= 0.6 is 0 Å². The minimum Gasteiger partial charge on any atom is -0.497 e. The number of pyridine rings is 1. The lowest BCUT2D eigenvalue weighted by Crippen LogP contribution is -2.41. The van der Waals surface area contributed by atoms with Crippen LogP contribution in [0, 0.1) is 5.92 Å². The zero-order valence-electron chi connectivity index (χ0n) is 17.1. The van der Waals surface area contributed by atoms with Crippen LogP contribution in [-0.4, -0.2) is 44.1 Å². The van der Waals surface area contributed by atoms with E-state index in [1.807, 2.05) is 11.0 Å². The molecule has 2 heterocycles. The molecule has 30 heavy (non-hydrogen) atoms. The van der Waals surface area contributed by atoms with E-state index in [4.69, 9.17) is 15.2 Å². The van der Waals surface area contributed by atoms with Gasteiger partial charge in [-0.25, -0.2) is 4.98 Å². The number of primary amides is 1. The lowest BCUT2D eigenvalue weighted by Gasteiger charge is -2.32. The van der Waals surface area contributed by atoms with Gasteiger partial charge in [0.15, 0.2) is 0 Å². The second-order valence-corrected chi connectivity index (χ2v) is 7.06. The monoisotopic (exact) mass is 410 g/mol. The molecule has 0 bridgehead atoms. The molecule has 0 aliphatic carbocycles. The van der Waals surface area contributed by atoms with Gasteiger partial charge in [0.05, 0.1) is 32.0 Å². The molecule has 0 saturated carbocycles. The third-order valence-electron chi connectivity index (χ3n) is 4.96. The Hall–Kier alpha value is -3.55. The summed E-state index contributed by atoms with van der Waals surface area (Å²) < 4.78 is 10.5. The molecule has 158 valence electrons. The topological polar surface area (TPSA) is 107 Å². The van der Waals surface area contributed by atoms with Crippen molar-refractivity contribution < 1.29 is 19.1 Å². The second-order valence-electron chi connectivity index (χ2n) is 7.06. The summed E-state index contributed by atoms with van der Waals surface area (Å²) in [6.45, 7) is 1.40. The number of nitrogens with two attached hydrogens (primary N) is 1. The highest BCUT2D eigenvalue weighted by molar-refractivity contribution is 6.01. The number of aromatic nitrogens is 1. The number of ether oxygens (including phenoxy) is 2. The number of carbonyl (C=O) groups excluding carboxylic acids is 2. The van der Waals surface area contributed by atoms with Gasteiger partial charge in [0.1, 0.15) is 17.3 Å². The van der Waals surface area contributed by atoms with Crippen molar-refractivity contribution in [2.75, 3.05) is 37.5 Å². The van der Waals surface area contributed by atoms with Crippen molar-refractivity contribution in [2.24, 2.45) is 11.7 Å². The molecule has 0 spiro atoms. The number of nitrogens with zero attached hydrogens (tertiary/aromatic N) is 2. The summed E-state index contributed by atoms with van der Waals surface area (Å²) in [5.74, 6) is 1.34. The molecule has 1 aromatic carbocycles. The van der Waals surface area contributed by atoms with Gasteiger partial charge in [0.25, 0.3) is 0 Å². The zero-order chi connectivity index (χ0) is 21.5. The first-order valence-corrected chi connectivity index (χ1v) is 9.71. The number of carbonyl (C=O) groups is 2. The third-order valence-corrected chi connectivity index (χ3v) is 4.96.